The summed E-state index contributed by atoms with van der Waals surface area (Å²) in [5.74, 6) is 0. The zero-order valence-corrected chi connectivity index (χ0v) is 14.9. The average molecular weight is 287 g/mol. The summed E-state index contributed by atoms with van der Waals surface area (Å²) in [7, 11) is 0. The predicted octanol–water partition coefficient (Wildman–Crippen LogP) is 5.21. The van der Waals surface area contributed by atoms with Gasteiger partial charge in [-0.2, -0.15) is 0 Å². The van der Waals surface area contributed by atoms with Crippen LogP contribution in [0.2, 0.25) is 0 Å². The molecule has 0 saturated carbocycles. The predicted molar refractivity (Wildman–Crippen MR) is 91.1 cm³/mol. The van der Waals surface area contributed by atoms with E-state index in [-0.39, 0.29) is 0 Å². The molecular weight excluding hydrogens is 246 g/mol. The SMILES string of the molecule is CC=O.CCCC[N+](CCCC)(CCCC)CCCC. The molecule has 0 aliphatic rings. The van der Waals surface area contributed by atoms with Crippen LogP contribution in [0.1, 0.15) is 86.0 Å². The van der Waals surface area contributed by atoms with Gasteiger partial charge in [0.25, 0.3) is 0 Å². The molecule has 0 N–H and O–H groups in total. The van der Waals surface area contributed by atoms with Gasteiger partial charge in [0.05, 0.1) is 26.2 Å². The molecule has 2 heteroatoms. The fourth-order valence-electron chi connectivity index (χ4n) is 2.64. The van der Waals surface area contributed by atoms with Crippen molar-refractivity contribution in [2.75, 3.05) is 26.2 Å². The molecule has 122 valence electrons. The number of carbonyl (C=O) groups excluding carboxylic acids is 1. The van der Waals surface area contributed by atoms with Crippen LogP contribution in [0.25, 0.3) is 0 Å². The van der Waals surface area contributed by atoms with Crippen molar-refractivity contribution in [3.63, 3.8) is 0 Å². The normalized spacial score (nSPS) is 10.8. The lowest BCUT2D eigenvalue weighted by molar-refractivity contribution is -0.929. The van der Waals surface area contributed by atoms with E-state index in [0.717, 1.165) is 6.29 Å². The molecule has 0 rings (SSSR count). The van der Waals surface area contributed by atoms with Crippen molar-refractivity contribution in [1.82, 2.24) is 0 Å². The first-order valence-corrected chi connectivity index (χ1v) is 8.91. The lowest BCUT2D eigenvalue weighted by Crippen LogP contribution is -2.50. The lowest BCUT2D eigenvalue weighted by atomic mass is 10.1. The molecule has 0 aliphatic carbocycles. The second-order valence-corrected chi connectivity index (χ2v) is 5.89. The first kappa shape index (κ1) is 21.9. The number of quaternary nitrogens is 1. The molecule has 0 amide bonds. The summed E-state index contributed by atoms with van der Waals surface area (Å²) in [5, 5.41) is 0. The van der Waals surface area contributed by atoms with Crippen molar-refractivity contribution in [3.8, 4) is 0 Å². The summed E-state index contributed by atoms with van der Waals surface area (Å²) in [6.07, 6.45) is 11.8. The minimum Gasteiger partial charge on any atom is -0.324 e. The maximum atomic E-state index is 8.81. The average Bonchev–Trinajstić information content (AvgIpc) is 2.46. The molecule has 0 aliphatic heterocycles. The molecule has 0 unspecified atom stereocenters. The Labute approximate surface area is 128 Å². The maximum absolute atomic E-state index is 8.81. The van der Waals surface area contributed by atoms with Gasteiger partial charge in [-0.25, -0.2) is 0 Å². The largest absolute Gasteiger partial charge is 0.324 e. The smallest absolute Gasteiger partial charge is 0.116 e. The lowest BCUT2D eigenvalue weighted by Gasteiger charge is -2.39. The highest BCUT2D eigenvalue weighted by Gasteiger charge is 2.24. The molecule has 0 aromatic carbocycles. The number of carbonyl (C=O) groups is 1. The summed E-state index contributed by atoms with van der Waals surface area (Å²) < 4.78 is 1.42. The van der Waals surface area contributed by atoms with Gasteiger partial charge in [-0.3, -0.25) is 0 Å². The summed E-state index contributed by atoms with van der Waals surface area (Å²) in [5.41, 5.74) is 0. The molecule has 0 saturated heterocycles. The van der Waals surface area contributed by atoms with Crippen LogP contribution in [0.4, 0.5) is 0 Å². The van der Waals surface area contributed by atoms with Gasteiger partial charge in [0.15, 0.2) is 0 Å². The van der Waals surface area contributed by atoms with E-state index in [2.05, 4.69) is 27.7 Å². The highest BCUT2D eigenvalue weighted by Crippen LogP contribution is 2.16. The zero-order valence-electron chi connectivity index (χ0n) is 14.9. The number of hydrogen-bond acceptors (Lipinski definition) is 1. The molecule has 0 fully saturated rings. The minimum atomic E-state index is 0.750. The molecular formula is C18H40NO+. The highest BCUT2D eigenvalue weighted by atomic mass is 16.1. The monoisotopic (exact) mass is 286 g/mol. The van der Waals surface area contributed by atoms with Crippen LogP contribution in [0, 0.1) is 0 Å². The highest BCUT2D eigenvalue weighted by molar-refractivity contribution is 5.44. The standard InChI is InChI=1S/C16H36N.C2H4O/c1-5-9-13-17(14-10-6-2,15-11-7-3)16-12-8-4;1-2-3/h5-16H2,1-4H3;2H,1H3/q+1;. The molecule has 0 spiro atoms. The van der Waals surface area contributed by atoms with Crippen LogP contribution >= 0.6 is 0 Å². The fourth-order valence-corrected chi connectivity index (χ4v) is 2.64. The number of hydrogen-bond donors (Lipinski definition) is 0. The van der Waals surface area contributed by atoms with Crippen LogP contribution in [0.3, 0.4) is 0 Å². The molecule has 0 bridgehead atoms. The maximum Gasteiger partial charge on any atom is 0.116 e. The van der Waals surface area contributed by atoms with Crippen molar-refractivity contribution < 1.29 is 9.28 Å². The second kappa shape index (κ2) is 16.7. The van der Waals surface area contributed by atoms with Crippen molar-refractivity contribution in [1.29, 1.82) is 0 Å². The fraction of sp³-hybridized carbons (Fsp3) is 0.944. The summed E-state index contributed by atoms with van der Waals surface area (Å²) in [6, 6.07) is 0. The molecule has 0 aromatic rings. The third-order valence-electron chi connectivity index (χ3n) is 3.94. The molecule has 0 atom stereocenters. The van der Waals surface area contributed by atoms with E-state index in [1.54, 1.807) is 0 Å². The Bertz CT molecular complexity index is 154. The summed E-state index contributed by atoms with van der Waals surface area (Å²) in [6.45, 7) is 16.5. The molecule has 2 nitrogen and oxygen atoms in total. The van der Waals surface area contributed by atoms with Gasteiger partial charge in [0, 0.05) is 0 Å². The van der Waals surface area contributed by atoms with Crippen LogP contribution in [-0.2, 0) is 4.79 Å². The van der Waals surface area contributed by atoms with Crippen LogP contribution in [0.5, 0.6) is 0 Å². The Morgan fingerprint density at radius 1 is 0.650 bits per heavy atom. The van der Waals surface area contributed by atoms with E-state index in [1.165, 1.54) is 89.0 Å². The van der Waals surface area contributed by atoms with Gasteiger partial charge < -0.3 is 9.28 Å². The van der Waals surface area contributed by atoms with E-state index >= 15 is 0 Å². The number of aldehydes is 1. The molecule has 0 aromatic heterocycles. The number of rotatable bonds is 12. The van der Waals surface area contributed by atoms with Gasteiger partial charge >= 0.3 is 0 Å². The Morgan fingerprint density at radius 2 is 0.850 bits per heavy atom. The quantitative estimate of drug-likeness (QED) is 0.355. The Kier molecular flexibility index (Phi) is 18.3. The van der Waals surface area contributed by atoms with E-state index in [1.807, 2.05) is 0 Å². The van der Waals surface area contributed by atoms with E-state index in [9.17, 15) is 0 Å². The van der Waals surface area contributed by atoms with Gasteiger partial charge in [0.2, 0.25) is 0 Å². The second-order valence-electron chi connectivity index (χ2n) is 5.89. The third kappa shape index (κ3) is 12.7. The topological polar surface area (TPSA) is 17.1 Å². The van der Waals surface area contributed by atoms with Gasteiger partial charge in [-0.05, 0) is 32.6 Å². The van der Waals surface area contributed by atoms with Crippen molar-refractivity contribution in [2.24, 2.45) is 0 Å². The number of nitrogens with zero attached hydrogens (tertiary/aromatic N) is 1. The minimum absolute atomic E-state index is 0.750. The van der Waals surface area contributed by atoms with Crippen molar-refractivity contribution >= 4 is 6.29 Å². The van der Waals surface area contributed by atoms with Gasteiger partial charge in [0.1, 0.15) is 6.29 Å². The Morgan fingerprint density at radius 3 is 1.00 bits per heavy atom. The zero-order chi connectivity index (χ0) is 15.7. The number of unbranched alkanes of at least 4 members (excludes halogenated alkanes) is 4. The van der Waals surface area contributed by atoms with Crippen LogP contribution < -0.4 is 0 Å². The van der Waals surface area contributed by atoms with Crippen LogP contribution in [0.15, 0.2) is 0 Å². The molecule has 0 radical (unpaired) electrons. The van der Waals surface area contributed by atoms with Crippen molar-refractivity contribution in [3.05, 3.63) is 0 Å². The van der Waals surface area contributed by atoms with Crippen molar-refractivity contribution in [2.45, 2.75) is 86.0 Å². The third-order valence-corrected chi connectivity index (χ3v) is 3.94. The van der Waals surface area contributed by atoms with E-state index < -0.39 is 0 Å². The van der Waals surface area contributed by atoms with E-state index in [0.29, 0.717) is 0 Å². The first-order valence-electron chi connectivity index (χ1n) is 8.91. The summed E-state index contributed by atoms with van der Waals surface area (Å²) in [4.78, 5) is 8.81. The molecule has 20 heavy (non-hydrogen) atoms. The van der Waals surface area contributed by atoms with E-state index in [4.69, 9.17) is 4.79 Å². The Hall–Kier alpha value is -0.370. The Balaban J connectivity index is 0. The van der Waals surface area contributed by atoms with Crippen LogP contribution in [-0.4, -0.2) is 36.9 Å². The van der Waals surface area contributed by atoms with Gasteiger partial charge in [-0.1, -0.05) is 53.4 Å². The molecule has 0 heterocycles. The van der Waals surface area contributed by atoms with Gasteiger partial charge in [-0.15, -0.1) is 0 Å². The first-order chi connectivity index (χ1) is 9.66. The summed E-state index contributed by atoms with van der Waals surface area (Å²) >= 11 is 0.